The highest BCUT2D eigenvalue weighted by atomic mass is 16.1. The Balaban J connectivity index is 2.07. The minimum Gasteiger partial charge on any atom is -0.294 e. The van der Waals surface area contributed by atoms with Crippen LogP contribution in [0, 0.1) is 12.3 Å². The van der Waals surface area contributed by atoms with Gasteiger partial charge in [0.15, 0.2) is 11.6 Å². The molecule has 20 heavy (non-hydrogen) atoms. The molecule has 0 N–H and O–H groups in total. The summed E-state index contributed by atoms with van der Waals surface area (Å²) in [6.07, 6.45) is 4.77. The molecule has 0 bridgehead atoms. The van der Waals surface area contributed by atoms with Crippen molar-refractivity contribution in [3.05, 3.63) is 41.3 Å². The summed E-state index contributed by atoms with van der Waals surface area (Å²) in [5.41, 5.74) is 3.35. The molecular weight excluding hydrogens is 250 g/mol. The number of fused-ring (bicyclic) bond motifs is 1. The first kappa shape index (κ1) is 12.9. The zero-order valence-electron chi connectivity index (χ0n) is 12.0. The number of hydrogen-bond donors (Lipinski definition) is 0. The molecule has 0 amide bonds. The molecule has 0 aromatic carbocycles. The SMILES string of the molecule is Cc1ccnc(-c2ncc3c(n2)CC(C)(C)CC3=O)c1. The minimum atomic E-state index is -0.0320. The molecule has 2 heterocycles. The van der Waals surface area contributed by atoms with Crippen LogP contribution in [0.25, 0.3) is 11.5 Å². The zero-order chi connectivity index (χ0) is 14.3. The van der Waals surface area contributed by atoms with Crippen molar-refractivity contribution < 1.29 is 4.79 Å². The van der Waals surface area contributed by atoms with Crippen molar-refractivity contribution in [3.8, 4) is 11.5 Å². The Hall–Kier alpha value is -2.10. The molecule has 0 spiro atoms. The van der Waals surface area contributed by atoms with Crippen molar-refractivity contribution in [2.45, 2.75) is 33.6 Å². The van der Waals surface area contributed by atoms with E-state index in [-0.39, 0.29) is 11.2 Å². The maximum atomic E-state index is 12.1. The molecule has 2 aromatic heterocycles. The lowest BCUT2D eigenvalue weighted by atomic mass is 9.76. The number of pyridine rings is 1. The number of rotatable bonds is 1. The van der Waals surface area contributed by atoms with Crippen LogP contribution in [0.15, 0.2) is 24.5 Å². The van der Waals surface area contributed by atoms with Crippen molar-refractivity contribution >= 4 is 5.78 Å². The van der Waals surface area contributed by atoms with E-state index in [1.807, 2.05) is 19.1 Å². The van der Waals surface area contributed by atoms with Crippen LogP contribution in [-0.4, -0.2) is 20.7 Å². The molecule has 4 heteroatoms. The van der Waals surface area contributed by atoms with E-state index in [1.165, 1.54) is 0 Å². The van der Waals surface area contributed by atoms with E-state index in [9.17, 15) is 4.79 Å². The summed E-state index contributed by atoms with van der Waals surface area (Å²) >= 11 is 0. The van der Waals surface area contributed by atoms with Crippen LogP contribution in [0.1, 0.15) is 41.9 Å². The standard InChI is InChI=1S/C16H17N3O/c1-10-4-5-17-12(6-10)15-18-9-11-13(19-15)7-16(2,3)8-14(11)20/h4-6,9H,7-8H2,1-3H3. The Morgan fingerprint density at radius 1 is 1.20 bits per heavy atom. The number of aryl methyl sites for hydroxylation is 1. The van der Waals surface area contributed by atoms with Gasteiger partial charge in [-0.25, -0.2) is 9.97 Å². The second-order valence-corrected chi connectivity index (χ2v) is 6.21. The molecule has 0 saturated heterocycles. The molecule has 4 nitrogen and oxygen atoms in total. The first-order valence-electron chi connectivity index (χ1n) is 6.77. The van der Waals surface area contributed by atoms with Crippen molar-refractivity contribution in [1.82, 2.24) is 15.0 Å². The number of aromatic nitrogens is 3. The molecule has 0 atom stereocenters. The molecule has 2 aromatic rings. The first-order chi connectivity index (χ1) is 9.44. The van der Waals surface area contributed by atoms with Crippen molar-refractivity contribution in [2.75, 3.05) is 0 Å². The van der Waals surface area contributed by atoms with Gasteiger partial charge in [0.05, 0.1) is 11.3 Å². The van der Waals surface area contributed by atoms with Crippen molar-refractivity contribution in [2.24, 2.45) is 5.41 Å². The van der Waals surface area contributed by atoms with Crippen molar-refractivity contribution in [3.63, 3.8) is 0 Å². The molecule has 0 fully saturated rings. The van der Waals surface area contributed by atoms with Crippen LogP contribution in [-0.2, 0) is 6.42 Å². The van der Waals surface area contributed by atoms with Gasteiger partial charge in [0.1, 0.15) is 5.69 Å². The highest BCUT2D eigenvalue weighted by Crippen LogP contribution is 2.34. The average Bonchev–Trinajstić information content (AvgIpc) is 2.36. The molecule has 0 aliphatic heterocycles. The van der Waals surface area contributed by atoms with Gasteiger partial charge in [0.2, 0.25) is 0 Å². The average molecular weight is 267 g/mol. The molecular formula is C16H17N3O. The Morgan fingerprint density at radius 3 is 2.75 bits per heavy atom. The van der Waals surface area contributed by atoms with Gasteiger partial charge in [-0.3, -0.25) is 9.78 Å². The van der Waals surface area contributed by atoms with Gasteiger partial charge in [-0.2, -0.15) is 0 Å². The van der Waals surface area contributed by atoms with E-state index in [2.05, 4.69) is 28.8 Å². The number of carbonyl (C=O) groups is 1. The van der Waals surface area contributed by atoms with Gasteiger partial charge < -0.3 is 0 Å². The van der Waals surface area contributed by atoms with E-state index in [0.717, 1.165) is 23.4 Å². The lowest BCUT2D eigenvalue weighted by molar-refractivity contribution is 0.0910. The fourth-order valence-corrected chi connectivity index (χ4v) is 2.61. The monoisotopic (exact) mass is 267 g/mol. The molecule has 3 rings (SSSR count). The van der Waals surface area contributed by atoms with Crippen LogP contribution in [0.2, 0.25) is 0 Å². The van der Waals surface area contributed by atoms with E-state index in [0.29, 0.717) is 17.8 Å². The van der Waals surface area contributed by atoms with Crippen molar-refractivity contribution in [1.29, 1.82) is 0 Å². The second kappa shape index (κ2) is 4.47. The fourth-order valence-electron chi connectivity index (χ4n) is 2.61. The van der Waals surface area contributed by atoms with Gasteiger partial charge in [-0.15, -0.1) is 0 Å². The molecule has 1 aliphatic rings. The molecule has 0 unspecified atom stereocenters. The number of nitrogens with zero attached hydrogens (tertiary/aromatic N) is 3. The number of carbonyl (C=O) groups excluding carboxylic acids is 1. The zero-order valence-corrected chi connectivity index (χ0v) is 12.0. The normalized spacial score (nSPS) is 16.9. The highest BCUT2D eigenvalue weighted by Gasteiger charge is 2.32. The third-order valence-electron chi connectivity index (χ3n) is 3.60. The van der Waals surface area contributed by atoms with Gasteiger partial charge in [0, 0.05) is 18.8 Å². The molecule has 0 saturated carbocycles. The summed E-state index contributed by atoms with van der Waals surface area (Å²) in [5.74, 6) is 0.734. The lowest BCUT2D eigenvalue weighted by Crippen LogP contribution is -2.28. The van der Waals surface area contributed by atoms with Gasteiger partial charge in [-0.05, 0) is 36.5 Å². The predicted octanol–water partition coefficient (Wildman–Crippen LogP) is 3.00. The predicted molar refractivity (Wildman–Crippen MR) is 76.4 cm³/mol. The summed E-state index contributed by atoms with van der Waals surface area (Å²) < 4.78 is 0. The first-order valence-corrected chi connectivity index (χ1v) is 6.77. The fraction of sp³-hybridized carbons (Fsp3) is 0.375. The van der Waals surface area contributed by atoms with Gasteiger partial charge in [0.25, 0.3) is 0 Å². The van der Waals surface area contributed by atoms with Crippen LogP contribution >= 0.6 is 0 Å². The van der Waals surface area contributed by atoms with Gasteiger partial charge >= 0.3 is 0 Å². The lowest BCUT2D eigenvalue weighted by Gasteiger charge is -2.29. The maximum Gasteiger partial charge on any atom is 0.178 e. The van der Waals surface area contributed by atoms with E-state index < -0.39 is 0 Å². The third-order valence-corrected chi connectivity index (χ3v) is 3.60. The van der Waals surface area contributed by atoms with Crippen LogP contribution in [0.5, 0.6) is 0 Å². The third kappa shape index (κ3) is 2.33. The topological polar surface area (TPSA) is 55.7 Å². The Kier molecular flexibility index (Phi) is 2.89. The van der Waals surface area contributed by atoms with E-state index >= 15 is 0 Å². The van der Waals surface area contributed by atoms with Crippen LogP contribution in [0.3, 0.4) is 0 Å². The smallest absolute Gasteiger partial charge is 0.178 e. The van der Waals surface area contributed by atoms with E-state index in [4.69, 9.17) is 0 Å². The molecule has 102 valence electrons. The summed E-state index contributed by atoms with van der Waals surface area (Å²) in [4.78, 5) is 25.3. The second-order valence-electron chi connectivity index (χ2n) is 6.21. The number of hydrogen-bond acceptors (Lipinski definition) is 4. The minimum absolute atomic E-state index is 0.0320. The van der Waals surface area contributed by atoms with E-state index in [1.54, 1.807) is 12.4 Å². The highest BCUT2D eigenvalue weighted by molar-refractivity contribution is 5.98. The Morgan fingerprint density at radius 2 is 2.00 bits per heavy atom. The quantitative estimate of drug-likeness (QED) is 0.797. The number of ketones is 1. The Labute approximate surface area is 118 Å². The largest absolute Gasteiger partial charge is 0.294 e. The summed E-state index contributed by atoms with van der Waals surface area (Å²) in [6.45, 7) is 6.21. The van der Waals surface area contributed by atoms with Gasteiger partial charge in [-0.1, -0.05) is 13.8 Å². The summed E-state index contributed by atoms with van der Waals surface area (Å²) in [6, 6.07) is 3.89. The number of Topliss-reactive ketones (excluding diaryl/α,β-unsaturated/α-hetero) is 1. The Bertz CT molecular complexity index is 692. The molecule has 0 radical (unpaired) electrons. The van der Waals surface area contributed by atoms with Crippen LogP contribution in [0.4, 0.5) is 0 Å². The summed E-state index contributed by atoms with van der Waals surface area (Å²) in [5, 5.41) is 0. The summed E-state index contributed by atoms with van der Waals surface area (Å²) in [7, 11) is 0. The maximum absolute atomic E-state index is 12.1. The van der Waals surface area contributed by atoms with Crippen LogP contribution < -0.4 is 0 Å². The molecule has 1 aliphatic carbocycles.